The Kier molecular flexibility index (Phi) is 3.34. The maximum atomic E-state index is 9.37. The van der Waals surface area contributed by atoms with E-state index in [1.165, 1.54) is 0 Å². The molecular formula is C9H11NO2Se. The molecule has 0 saturated carbocycles. The molecule has 13 heavy (non-hydrogen) atoms. The van der Waals surface area contributed by atoms with E-state index in [4.69, 9.17) is 4.74 Å². The number of ether oxygens (including phenoxy) is 1. The number of benzene rings is 1. The number of nitrogens with zero attached hydrogens (tertiary/aromatic N) is 1. The number of hydrogen-bond acceptors (Lipinski definition) is 3. The van der Waals surface area contributed by atoms with Crippen molar-refractivity contribution in [2.45, 2.75) is 0 Å². The zero-order valence-electron chi connectivity index (χ0n) is 7.52. The van der Waals surface area contributed by atoms with E-state index in [0.29, 0.717) is 10.5 Å². The summed E-state index contributed by atoms with van der Waals surface area (Å²) in [4.78, 5) is 1.78. The van der Waals surface area contributed by atoms with Gasteiger partial charge in [0.25, 0.3) is 0 Å². The number of phenols is 1. The molecule has 0 spiro atoms. The van der Waals surface area contributed by atoms with E-state index in [9.17, 15) is 5.11 Å². The monoisotopic (exact) mass is 245 g/mol. The summed E-state index contributed by atoms with van der Waals surface area (Å²) in [5.74, 6) is 0.585. The van der Waals surface area contributed by atoms with Crippen LogP contribution < -0.4 is 4.74 Å². The summed E-state index contributed by atoms with van der Waals surface area (Å²) in [7, 11) is 3.71. The van der Waals surface area contributed by atoms with Crippen LogP contribution in [-0.2, 0) is 0 Å². The number of para-hydroxylation sites is 2. The van der Waals surface area contributed by atoms with E-state index in [1.807, 2.05) is 14.1 Å². The van der Waals surface area contributed by atoms with Crippen molar-refractivity contribution < 1.29 is 9.84 Å². The minimum atomic E-state index is 0.136. The van der Waals surface area contributed by atoms with Crippen molar-refractivity contribution in [3.8, 4) is 11.5 Å². The van der Waals surface area contributed by atoms with Gasteiger partial charge in [0, 0.05) is 0 Å². The first-order valence-electron chi connectivity index (χ1n) is 3.78. The van der Waals surface area contributed by atoms with Gasteiger partial charge in [-0.15, -0.1) is 0 Å². The van der Waals surface area contributed by atoms with Gasteiger partial charge >= 0.3 is 84.9 Å². The summed E-state index contributed by atoms with van der Waals surface area (Å²) in [6, 6.07) is 6.84. The molecule has 0 unspecified atom stereocenters. The number of aromatic hydroxyl groups is 1. The molecule has 0 heterocycles. The van der Waals surface area contributed by atoms with E-state index in [1.54, 1.807) is 29.2 Å². The maximum absolute atomic E-state index is 9.37. The fraction of sp³-hybridized carbons (Fsp3) is 0.222. The van der Waals surface area contributed by atoms with Gasteiger partial charge in [0.2, 0.25) is 0 Å². The van der Waals surface area contributed by atoms with Crippen molar-refractivity contribution in [1.29, 1.82) is 0 Å². The first-order chi connectivity index (χ1) is 6.11. The number of rotatable bonds is 3. The summed E-state index contributed by atoms with van der Waals surface area (Å²) in [5.41, 5.74) is 0. The third-order valence-electron chi connectivity index (χ3n) is 1.43. The third-order valence-corrected chi connectivity index (χ3v) is 2.37. The third kappa shape index (κ3) is 2.76. The Morgan fingerprint density at radius 3 is 2.54 bits per heavy atom. The first-order valence-corrected chi connectivity index (χ1v) is 4.64. The molecule has 0 radical (unpaired) electrons. The number of phenolic OH excluding ortho intramolecular Hbond substituents is 1. The molecule has 1 aromatic rings. The van der Waals surface area contributed by atoms with Crippen LogP contribution in [0.25, 0.3) is 0 Å². The van der Waals surface area contributed by atoms with Gasteiger partial charge in [-0.1, -0.05) is 0 Å². The minimum absolute atomic E-state index is 0.136. The molecule has 4 heteroatoms. The van der Waals surface area contributed by atoms with E-state index in [2.05, 4.69) is 15.6 Å². The predicted octanol–water partition coefficient (Wildman–Crippen LogP) is 0.588. The second-order valence-electron chi connectivity index (χ2n) is 2.73. The summed E-state index contributed by atoms with van der Waals surface area (Å²) in [6.07, 6.45) is 0. The average Bonchev–Trinajstić information content (AvgIpc) is 2.08. The SMILES string of the molecule is CN(C)C(=[Se])Oc1ccccc1O. The summed E-state index contributed by atoms with van der Waals surface area (Å²) in [6.45, 7) is 0. The topological polar surface area (TPSA) is 32.7 Å². The quantitative estimate of drug-likeness (QED) is 0.790. The molecule has 0 aliphatic rings. The Balaban J connectivity index is 2.75. The summed E-state index contributed by atoms with van der Waals surface area (Å²) in [5, 5.41) is 9.37. The summed E-state index contributed by atoms with van der Waals surface area (Å²) < 4.78 is 5.96. The van der Waals surface area contributed by atoms with Gasteiger partial charge in [-0.25, -0.2) is 0 Å². The molecule has 0 amide bonds. The predicted molar refractivity (Wildman–Crippen MR) is 53.2 cm³/mol. The van der Waals surface area contributed by atoms with Crippen molar-refractivity contribution in [2.24, 2.45) is 0 Å². The van der Waals surface area contributed by atoms with Gasteiger partial charge in [-0.3, -0.25) is 0 Å². The molecule has 1 aromatic carbocycles. The zero-order valence-corrected chi connectivity index (χ0v) is 9.23. The fourth-order valence-corrected chi connectivity index (χ4v) is 0.917. The Labute approximate surface area is 85.3 Å². The van der Waals surface area contributed by atoms with Gasteiger partial charge in [-0.2, -0.15) is 0 Å². The Morgan fingerprint density at radius 2 is 2.00 bits per heavy atom. The molecule has 0 bridgehead atoms. The molecule has 0 aliphatic heterocycles. The van der Waals surface area contributed by atoms with Crippen molar-refractivity contribution in [2.75, 3.05) is 14.1 Å². The number of hydrogen-bond donors (Lipinski definition) is 1. The van der Waals surface area contributed by atoms with Crippen LogP contribution >= 0.6 is 0 Å². The Morgan fingerprint density at radius 1 is 1.38 bits per heavy atom. The normalized spacial score (nSPS) is 9.38. The molecule has 0 atom stereocenters. The van der Waals surface area contributed by atoms with Gasteiger partial charge in [0.1, 0.15) is 0 Å². The van der Waals surface area contributed by atoms with Crippen LogP contribution in [-0.4, -0.2) is 44.4 Å². The van der Waals surface area contributed by atoms with Crippen LogP contribution in [0.1, 0.15) is 0 Å². The van der Waals surface area contributed by atoms with Crippen LogP contribution in [0, 0.1) is 0 Å². The molecule has 0 aromatic heterocycles. The van der Waals surface area contributed by atoms with E-state index in [-0.39, 0.29) is 5.75 Å². The second-order valence-corrected chi connectivity index (χ2v) is 3.46. The fourth-order valence-electron chi connectivity index (χ4n) is 0.729. The molecule has 0 aliphatic carbocycles. The molecule has 3 nitrogen and oxygen atoms in total. The van der Waals surface area contributed by atoms with Gasteiger partial charge in [-0.05, 0) is 0 Å². The Hall–Kier alpha value is -0.991. The van der Waals surface area contributed by atoms with E-state index >= 15 is 0 Å². The van der Waals surface area contributed by atoms with Gasteiger partial charge < -0.3 is 0 Å². The molecular weight excluding hydrogens is 233 g/mol. The molecule has 1 rings (SSSR count). The first kappa shape index (κ1) is 10.1. The van der Waals surface area contributed by atoms with E-state index < -0.39 is 0 Å². The van der Waals surface area contributed by atoms with Crippen molar-refractivity contribution in [3.63, 3.8) is 0 Å². The van der Waals surface area contributed by atoms with Crippen molar-refractivity contribution in [3.05, 3.63) is 24.3 Å². The van der Waals surface area contributed by atoms with E-state index in [0.717, 1.165) is 0 Å². The van der Waals surface area contributed by atoms with Gasteiger partial charge in [0.05, 0.1) is 0 Å². The molecule has 0 saturated heterocycles. The molecule has 0 fully saturated rings. The van der Waals surface area contributed by atoms with Gasteiger partial charge in [0.15, 0.2) is 0 Å². The zero-order chi connectivity index (χ0) is 9.84. The standard InChI is InChI=1S/C9H11NO2Se/c1-10(2)9(13)12-8-6-4-3-5-7(8)11/h3-6,11H,1-2H3. The van der Waals surface area contributed by atoms with Crippen molar-refractivity contribution >= 4 is 20.3 Å². The summed E-state index contributed by atoms with van der Waals surface area (Å²) >= 11 is 2.76. The van der Waals surface area contributed by atoms with Crippen LogP contribution in [0.2, 0.25) is 0 Å². The van der Waals surface area contributed by atoms with Crippen LogP contribution in [0.3, 0.4) is 0 Å². The van der Waals surface area contributed by atoms with Crippen molar-refractivity contribution in [1.82, 2.24) is 4.90 Å². The average molecular weight is 244 g/mol. The second kappa shape index (κ2) is 4.30. The van der Waals surface area contributed by atoms with Crippen LogP contribution in [0.15, 0.2) is 24.3 Å². The molecule has 1 N–H and O–H groups in total. The molecule has 70 valence electrons. The van der Waals surface area contributed by atoms with Crippen LogP contribution in [0.4, 0.5) is 0 Å². The Bertz CT molecular complexity index is 312. The van der Waals surface area contributed by atoms with Crippen LogP contribution in [0.5, 0.6) is 11.5 Å².